The molecule has 14 heavy (non-hydrogen) atoms. The Kier molecular flexibility index (Phi) is 3.02. The van der Waals surface area contributed by atoms with Gasteiger partial charge in [0.25, 0.3) is 0 Å². The fourth-order valence-corrected chi connectivity index (χ4v) is 2.21. The summed E-state index contributed by atoms with van der Waals surface area (Å²) in [6.45, 7) is 0. The molecule has 0 spiro atoms. The molecule has 1 aromatic rings. The van der Waals surface area contributed by atoms with Crippen LogP contribution in [0.1, 0.15) is 29.9 Å². The quantitative estimate of drug-likeness (QED) is 0.713. The first-order valence-electron chi connectivity index (χ1n) is 4.85. The zero-order chi connectivity index (χ0) is 9.97. The van der Waals surface area contributed by atoms with E-state index in [9.17, 15) is 4.39 Å². The Morgan fingerprint density at radius 1 is 1.36 bits per heavy atom. The topological polar surface area (TPSA) is 0 Å². The maximum absolute atomic E-state index is 13.0. The molecular weight excluding hydrogens is 243 g/mol. The van der Waals surface area contributed by atoms with Gasteiger partial charge in [0.15, 0.2) is 0 Å². The Hall–Kier alpha value is -0.630. The SMILES string of the molecule is Fc1ccc2c(c1)C(CCCBr)C=C2. The second kappa shape index (κ2) is 4.26. The molecule has 0 amide bonds. The number of hydrogen-bond acceptors (Lipinski definition) is 0. The van der Waals surface area contributed by atoms with E-state index in [0.29, 0.717) is 5.92 Å². The summed E-state index contributed by atoms with van der Waals surface area (Å²) in [5, 5.41) is 1.02. The van der Waals surface area contributed by atoms with Crippen molar-refractivity contribution in [2.75, 3.05) is 5.33 Å². The lowest BCUT2D eigenvalue weighted by atomic mass is 9.96. The van der Waals surface area contributed by atoms with Gasteiger partial charge in [0, 0.05) is 11.2 Å². The zero-order valence-corrected chi connectivity index (χ0v) is 9.43. The largest absolute Gasteiger partial charge is 0.207 e. The number of fused-ring (bicyclic) bond motifs is 1. The van der Waals surface area contributed by atoms with E-state index in [1.807, 2.05) is 6.07 Å². The van der Waals surface area contributed by atoms with E-state index < -0.39 is 0 Å². The molecule has 1 unspecified atom stereocenters. The minimum atomic E-state index is -0.128. The second-order valence-electron chi connectivity index (χ2n) is 3.57. The van der Waals surface area contributed by atoms with Crippen molar-refractivity contribution in [2.24, 2.45) is 0 Å². The fourth-order valence-electron chi connectivity index (χ4n) is 1.89. The summed E-state index contributed by atoms with van der Waals surface area (Å²) in [7, 11) is 0. The Morgan fingerprint density at radius 3 is 3.00 bits per heavy atom. The van der Waals surface area contributed by atoms with E-state index >= 15 is 0 Å². The number of hydrogen-bond donors (Lipinski definition) is 0. The van der Waals surface area contributed by atoms with Crippen LogP contribution in [-0.2, 0) is 0 Å². The van der Waals surface area contributed by atoms with E-state index in [4.69, 9.17) is 0 Å². The molecule has 0 bridgehead atoms. The summed E-state index contributed by atoms with van der Waals surface area (Å²) in [6.07, 6.45) is 6.49. The van der Waals surface area contributed by atoms with Crippen LogP contribution in [0.2, 0.25) is 0 Å². The van der Waals surface area contributed by atoms with E-state index in [1.165, 1.54) is 11.6 Å². The van der Waals surface area contributed by atoms with Gasteiger partial charge < -0.3 is 0 Å². The van der Waals surface area contributed by atoms with Crippen LogP contribution in [0.4, 0.5) is 4.39 Å². The van der Waals surface area contributed by atoms with Crippen LogP contribution in [0.25, 0.3) is 6.08 Å². The van der Waals surface area contributed by atoms with Gasteiger partial charge in [-0.2, -0.15) is 0 Å². The molecule has 2 rings (SSSR count). The molecular formula is C12H12BrF. The fraction of sp³-hybridized carbons (Fsp3) is 0.333. The van der Waals surface area contributed by atoms with Crippen molar-refractivity contribution in [3.8, 4) is 0 Å². The summed E-state index contributed by atoms with van der Waals surface area (Å²) in [4.78, 5) is 0. The molecule has 1 aromatic carbocycles. The van der Waals surface area contributed by atoms with Gasteiger partial charge in [-0.3, -0.25) is 0 Å². The molecule has 0 fully saturated rings. The third-order valence-electron chi connectivity index (χ3n) is 2.61. The number of benzene rings is 1. The van der Waals surface area contributed by atoms with E-state index in [2.05, 4.69) is 28.1 Å². The summed E-state index contributed by atoms with van der Waals surface area (Å²) in [6, 6.07) is 5.04. The number of allylic oxidation sites excluding steroid dienone is 1. The number of alkyl halides is 1. The highest BCUT2D eigenvalue weighted by Gasteiger charge is 2.16. The van der Waals surface area contributed by atoms with Gasteiger partial charge >= 0.3 is 0 Å². The molecule has 0 radical (unpaired) electrons. The molecule has 2 heteroatoms. The lowest BCUT2D eigenvalue weighted by molar-refractivity contribution is 0.621. The van der Waals surface area contributed by atoms with Crippen molar-refractivity contribution < 1.29 is 4.39 Å². The van der Waals surface area contributed by atoms with E-state index in [-0.39, 0.29) is 5.82 Å². The molecule has 0 N–H and O–H groups in total. The van der Waals surface area contributed by atoms with Crippen molar-refractivity contribution in [2.45, 2.75) is 18.8 Å². The van der Waals surface area contributed by atoms with Gasteiger partial charge in [0.2, 0.25) is 0 Å². The Morgan fingerprint density at radius 2 is 2.21 bits per heavy atom. The first-order valence-corrected chi connectivity index (χ1v) is 5.97. The third-order valence-corrected chi connectivity index (χ3v) is 3.17. The van der Waals surface area contributed by atoms with Gasteiger partial charge in [0.05, 0.1) is 0 Å². The van der Waals surface area contributed by atoms with Gasteiger partial charge in [-0.1, -0.05) is 34.1 Å². The number of halogens is 2. The highest BCUT2D eigenvalue weighted by molar-refractivity contribution is 9.09. The maximum Gasteiger partial charge on any atom is 0.123 e. The molecule has 1 atom stereocenters. The average molecular weight is 255 g/mol. The average Bonchev–Trinajstić information content (AvgIpc) is 2.57. The lowest BCUT2D eigenvalue weighted by Gasteiger charge is -2.09. The van der Waals surface area contributed by atoms with Gasteiger partial charge in [0.1, 0.15) is 5.82 Å². The summed E-state index contributed by atoms with van der Waals surface area (Å²) in [5.74, 6) is 0.287. The predicted molar refractivity (Wildman–Crippen MR) is 61.2 cm³/mol. The predicted octanol–water partition coefficient (Wildman–Crippen LogP) is 4.11. The molecule has 0 saturated heterocycles. The molecule has 74 valence electrons. The zero-order valence-electron chi connectivity index (χ0n) is 7.84. The highest BCUT2D eigenvalue weighted by Crippen LogP contribution is 2.33. The monoisotopic (exact) mass is 254 g/mol. The van der Waals surface area contributed by atoms with Crippen LogP contribution in [-0.4, -0.2) is 5.33 Å². The van der Waals surface area contributed by atoms with Crippen LogP contribution in [0, 0.1) is 5.82 Å². The first-order chi connectivity index (χ1) is 6.81. The Balaban J connectivity index is 2.20. The van der Waals surface area contributed by atoms with Crippen molar-refractivity contribution in [1.29, 1.82) is 0 Å². The summed E-state index contributed by atoms with van der Waals surface area (Å²) < 4.78 is 13.0. The number of rotatable bonds is 3. The minimum Gasteiger partial charge on any atom is -0.207 e. The van der Waals surface area contributed by atoms with Crippen LogP contribution >= 0.6 is 15.9 Å². The van der Waals surface area contributed by atoms with E-state index in [1.54, 1.807) is 6.07 Å². The molecule has 0 nitrogen and oxygen atoms in total. The molecule has 0 saturated carbocycles. The van der Waals surface area contributed by atoms with Crippen LogP contribution < -0.4 is 0 Å². The van der Waals surface area contributed by atoms with E-state index in [0.717, 1.165) is 23.7 Å². The lowest BCUT2D eigenvalue weighted by Crippen LogP contribution is -1.94. The standard InChI is InChI=1S/C12H12BrF/c13-7-1-2-9-3-4-10-5-6-11(14)8-12(9)10/h3-6,8-9H,1-2,7H2. The van der Waals surface area contributed by atoms with Crippen molar-refractivity contribution in [3.05, 3.63) is 41.2 Å². The molecule has 1 aliphatic carbocycles. The minimum absolute atomic E-state index is 0.128. The van der Waals surface area contributed by atoms with Crippen molar-refractivity contribution in [1.82, 2.24) is 0 Å². The Bertz CT molecular complexity index is 357. The van der Waals surface area contributed by atoms with Crippen LogP contribution in [0.15, 0.2) is 24.3 Å². The van der Waals surface area contributed by atoms with Gasteiger partial charge in [-0.05, 0) is 36.1 Å². The van der Waals surface area contributed by atoms with Gasteiger partial charge in [-0.15, -0.1) is 0 Å². The van der Waals surface area contributed by atoms with Crippen molar-refractivity contribution >= 4 is 22.0 Å². The molecule has 1 aliphatic rings. The summed E-state index contributed by atoms with van der Waals surface area (Å²) >= 11 is 3.41. The Labute approximate surface area is 92.0 Å². The molecule has 0 aromatic heterocycles. The van der Waals surface area contributed by atoms with Crippen molar-refractivity contribution in [3.63, 3.8) is 0 Å². The van der Waals surface area contributed by atoms with Crippen LogP contribution in [0.5, 0.6) is 0 Å². The molecule has 0 heterocycles. The molecule has 0 aliphatic heterocycles. The third kappa shape index (κ3) is 1.90. The smallest absolute Gasteiger partial charge is 0.123 e. The second-order valence-corrected chi connectivity index (χ2v) is 4.36. The normalized spacial score (nSPS) is 18.6. The van der Waals surface area contributed by atoms with Crippen LogP contribution in [0.3, 0.4) is 0 Å². The first kappa shape index (κ1) is 9.91. The maximum atomic E-state index is 13.0. The summed E-state index contributed by atoms with van der Waals surface area (Å²) in [5.41, 5.74) is 2.32. The van der Waals surface area contributed by atoms with Gasteiger partial charge in [-0.25, -0.2) is 4.39 Å². The highest BCUT2D eigenvalue weighted by atomic mass is 79.9.